The van der Waals surface area contributed by atoms with E-state index in [4.69, 9.17) is 5.11 Å². The third kappa shape index (κ3) is 2.50. The Bertz CT molecular complexity index is 113. The van der Waals surface area contributed by atoms with Crippen LogP contribution < -0.4 is 0 Å². The number of hydrogen-bond acceptors (Lipinski definition) is 2. The highest BCUT2D eigenvalue weighted by molar-refractivity contribution is 4.89. The molecule has 0 aliphatic rings. The molecule has 0 bridgehead atoms. The second-order valence-corrected chi connectivity index (χ2v) is 3.54. The van der Waals surface area contributed by atoms with Crippen molar-refractivity contribution in [1.82, 2.24) is 0 Å². The highest BCUT2D eigenvalue weighted by Gasteiger charge is 2.26. The molecule has 0 spiro atoms. The molecule has 0 rings (SSSR count). The van der Waals surface area contributed by atoms with Crippen molar-refractivity contribution >= 4 is 0 Å². The number of aliphatic hydroxyl groups excluding tert-OH is 2. The fourth-order valence-corrected chi connectivity index (χ4v) is 0.641. The SMILES string of the molecule is C=C[C@H](O)[C@H](O)C(C)(C)C. The van der Waals surface area contributed by atoms with Gasteiger partial charge in [-0.15, -0.1) is 6.58 Å². The monoisotopic (exact) mass is 144 g/mol. The Morgan fingerprint density at radius 3 is 1.80 bits per heavy atom. The van der Waals surface area contributed by atoms with E-state index in [1.807, 2.05) is 20.8 Å². The van der Waals surface area contributed by atoms with Crippen LogP contribution in [0.5, 0.6) is 0 Å². The standard InChI is InChI=1S/C8H16O2/c1-5-6(9)7(10)8(2,3)4/h5-7,9-10H,1H2,2-4H3/t6-,7-/m0/s1. The number of rotatable bonds is 2. The van der Waals surface area contributed by atoms with Crippen molar-refractivity contribution < 1.29 is 10.2 Å². The van der Waals surface area contributed by atoms with Crippen LogP contribution in [0.4, 0.5) is 0 Å². The van der Waals surface area contributed by atoms with Crippen LogP contribution in [0.1, 0.15) is 20.8 Å². The summed E-state index contributed by atoms with van der Waals surface area (Å²) in [4.78, 5) is 0. The maximum Gasteiger partial charge on any atom is 0.0982 e. The van der Waals surface area contributed by atoms with E-state index >= 15 is 0 Å². The molecule has 0 aromatic carbocycles. The molecule has 0 saturated carbocycles. The fraction of sp³-hybridized carbons (Fsp3) is 0.750. The van der Waals surface area contributed by atoms with E-state index in [0.717, 1.165) is 0 Å². The Morgan fingerprint density at radius 1 is 1.30 bits per heavy atom. The molecule has 0 saturated heterocycles. The Hall–Kier alpha value is -0.340. The van der Waals surface area contributed by atoms with E-state index in [-0.39, 0.29) is 5.41 Å². The zero-order valence-electron chi connectivity index (χ0n) is 6.83. The van der Waals surface area contributed by atoms with Gasteiger partial charge in [-0.25, -0.2) is 0 Å². The van der Waals surface area contributed by atoms with Gasteiger partial charge in [0.25, 0.3) is 0 Å². The van der Waals surface area contributed by atoms with Crippen LogP contribution in [0.3, 0.4) is 0 Å². The molecule has 0 aliphatic heterocycles. The zero-order valence-corrected chi connectivity index (χ0v) is 6.83. The van der Waals surface area contributed by atoms with Crippen molar-refractivity contribution in [3.63, 3.8) is 0 Å². The zero-order chi connectivity index (χ0) is 8.36. The lowest BCUT2D eigenvalue weighted by Crippen LogP contribution is -2.36. The Kier molecular flexibility index (Phi) is 3.06. The van der Waals surface area contributed by atoms with Gasteiger partial charge in [0.15, 0.2) is 0 Å². The molecule has 0 unspecified atom stereocenters. The van der Waals surface area contributed by atoms with Crippen molar-refractivity contribution in [1.29, 1.82) is 0 Å². The first-order valence-electron chi connectivity index (χ1n) is 3.38. The van der Waals surface area contributed by atoms with Crippen LogP contribution in [0.15, 0.2) is 12.7 Å². The predicted molar refractivity (Wildman–Crippen MR) is 41.7 cm³/mol. The Balaban J connectivity index is 4.07. The van der Waals surface area contributed by atoms with Gasteiger partial charge in [-0.05, 0) is 5.41 Å². The summed E-state index contributed by atoms with van der Waals surface area (Å²) in [5, 5.41) is 18.4. The molecule has 2 N–H and O–H groups in total. The van der Waals surface area contributed by atoms with Gasteiger partial charge in [-0.1, -0.05) is 26.8 Å². The number of hydrogen-bond donors (Lipinski definition) is 2. The molecule has 0 heterocycles. The van der Waals surface area contributed by atoms with Gasteiger partial charge in [0.2, 0.25) is 0 Å². The first kappa shape index (κ1) is 9.66. The molecule has 0 fully saturated rings. The summed E-state index contributed by atoms with van der Waals surface area (Å²) in [6, 6.07) is 0. The van der Waals surface area contributed by atoms with Crippen molar-refractivity contribution in [2.24, 2.45) is 5.41 Å². The van der Waals surface area contributed by atoms with E-state index in [1.54, 1.807) is 0 Å². The summed E-state index contributed by atoms with van der Waals surface area (Å²) in [5.41, 5.74) is -0.284. The summed E-state index contributed by atoms with van der Waals surface area (Å²) in [7, 11) is 0. The molecule has 0 aliphatic carbocycles. The predicted octanol–water partition coefficient (Wildman–Crippen LogP) is 0.940. The van der Waals surface area contributed by atoms with Crippen LogP contribution in [0.2, 0.25) is 0 Å². The minimum Gasteiger partial charge on any atom is -0.390 e. The van der Waals surface area contributed by atoms with Gasteiger partial charge in [0.05, 0.1) is 12.2 Å². The Labute approximate surface area is 62.2 Å². The summed E-state index contributed by atoms with van der Waals surface area (Å²) in [5.74, 6) is 0. The largest absolute Gasteiger partial charge is 0.390 e. The maximum absolute atomic E-state index is 9.33. The van der Waals surface area contributed by atoms with Crippen molar-refractivity contribution in [2.45, 2.75) is 33.0 Å². The topological polar surface area (TPSA) is 40.5 Å². The lowest BCUT2D eigenvalue weighted by atomic mass is 9.86. The smallest absolute Gasteiger partial charge is 0.0982 e. The third-order valence-electron chi connectivity index (χ3n) is 1.45. The van der Waals surface area contributed by atoms with Gasteiger partial charge in [0, 0.05) is 0 Å². The first-order chi connectivity index (χ1) is 4.39. The minimum atomic E-state index is -0.819. The van der Waals surface area contributed by atoms with E-state index in [0.29, 0.717) is 0 Å². The van der Waals surface area contributed by atoms with Crippen LogP contribution in [-0.4, -0.2) is 22.4 Å². The van der Waals surface area contributed by atoms with Gasteiger partial charge in [-0.3, -0.25) is 0 Å². The van der Waals surface area contributed by atoms with Crippen LogP contribution >= 0.6 is 0 Å². The van der Waals surface area contributed by atoms with Crippen LogP contribution in [0, 0.1) is 5.41 Å². The normalized spacial score (nSPS) is 18.1. The highest BCUT2D eigenvalue weighted by Crippen LogP contribution is 2.21. The number of aliphatic hydroxyl groups is 2. The Morgan fingerprint density at radius 2 is 1.70 bits per heavy atom. The molecule has 2 nitrogen and oxygen atoms in total. The molecule has 2 heteroatoms. The van der Waals surface area contributed by atoms with Crippen molar-refractivity contribution in [2.75, 3.05) is 0 Å². The third-order valence-corrected chi connectivity index (χ3v) is 1.45. The highest BCUT2D eigenvalue weighted by atomic mass is 16.3. The van der Waals surface area contributed by atoms with E-state index in [9.17, 15) is 5.11 Å². The molecule has 0 aromatic heterocycles. The second-order valence-electron chi connectivity index (χ2n) is 3.54. The average molecular weight is 144 g/mol. The van der Waals surface area contributed by atoms with Crippen molar-refractivity contribution in [3.05, 3.63) is 12.7 Å². The van der Waals surface area contributed by atoms with Crippen LogP contribution in [-0.2, 0) is 0 Å². The van der Waals surface area contributed by atoms with E-state index in [2.05, 4.69) is 6.58 Å². The summed E-state index contributed by atoms with van der Waals surface area (Å²) in [6.07, 6.45) is -0.208. The summed E-state index contributed by atoms with van der Waals surface area (Å²) < 4.78 is 0. The van der Waals surface area contributed by atoms with Gasteiger partial charge >= 0.3 is 0 Å². The first-order valence-corrected chi connectivity index (χ1v) is 3.38. The molecular formula is C8H16O2. The van der Waals surface area contributed by atoms with Gasteiger partial charge in [-0.2, -0.15) is 0 Å². The van der Waals surface area contributed by atoms with Gasteiger partial charge < -0.3 is 10.2 Å². The van der Waals surface area contributed by atoms with E-state index in [1.165, 1.54) is 6.08 Å². The molecule has 0 aromatic rings. The van der Waals surface area contributed by atoms with Gasteiger partial charge in [0.1, 0.15) is 0 Å². The van der Waals surface area contributed by atoms with E-state index < -0.39 is 12.2 Å². The molecule has 0 radical (unpaired) electrons. The average Bonchev–Trinajstić information content (AvgIpc) is 1.83. The summed E-state index contributed by atoms with van der Waals surface area (Å²) >= 11 is 0. The fourth-order valence-electron chi connectivity index (χ4n) is 0.641. The van der Waals surface area contributed by atoms with Crippen LogP contribution in [0.25, 0.3) is 0 Å². The molecular weight excluding hydrogens is 128 g/mol. The molecule has 2 atom stereocenters. The quantitative estimate of drug-likeness (QED) is 0.566. The molecule has 10 heavy (non-hydrogen) atoms. The summed E-state index contributed by atoms with van der Waals surface area (Å²) in [6.45, 7) is 8.98. The maximum atomic E-state index is 9.33. The minimum absolute atomic E-state index is 0.284. The lowest BCUT2D eigenvalue weighted by Gasteiger charge is -2.28. The van der Waals surface area contributed by atoms with Crippen molar-refractivity contribution in [3.8, 4) is 0 Å². The lowest BCUT2D eigenvalue weighted by molar-refractivity contribution is -0.0216. The second kappa shape index (κ2) is 3.17. The molecule has 60 valence electrons. The molecule has 0 amide bonds.